The fourth-order valence-electron chi connectivity index (χ4n) is 4.96. The third kappa shape index (κ3) is 6.05. The smallest absolute Gasteiger partial charge is 1.00 e. The zero-order valence-corrected chi connectivity index (χ0v) is 24.3. The predicted octanol–water partition coefficient (Wildman–Crippen LogP) is -2.20. The van der Waals surface area contributed by atoms with E-state index >= 15 is 0 Å². The molecule has 0 aliphatic heterocycles. The van der Waals surface area contributed by atoms with E-state index in [0.29, 0.717) is 0 Å². The van der Waals surface area contributed by atoms with Crippen LogP contribution >= 0.6 is 0 Å². The van der Waals surface area contributed by atoms with Gasteiger partial charge < -0.3 is 37.2 Å². The molecule has 2 rings (SSSR count). The molecule has 0 aromatic heterocycles. The summed E-state index contributed by atoms with van der Waals surface area (Å²) in [7, 11) is -1.73. The number of rotatable bonds is 7. The summed E-state index contributed by atoms with van der Waals surface area (Å²) in [4.78, 5) is 0. The zero-order valence-electron chi connectivity index (χ0n) is 19.5. The molecule has 5 heteroatoms. The van der Waals surface area contributed by atoms with Gasteiger partial charge in [0, 0.05) is 0 Å². The van der Waals surface area contributed by atoms with E-state index in [2.05, 4.69) is 81.5 Å². The monoisotopic (exact) mass is 506 g/mol. The van der Waals surface area contributed by atoms with E-state index in [0.717, 1.165) is 0 Å². The zero-order chi connectivity index (χ0) is 19.6. The number of allylic oxidation sites excluding steroid dienone is 4. The Labute approximate surface area is 211 Å². The Kier molecular flexibility index (Phi) is 14.4. The standard InChI is InChI=1S/C24H37Si.3ClH.Ti/c1-9-11-16-25(8,23-15-12-14-22(23)13-10-2)24-20(6)18(4)17(3)19(5)21(24)7;;;;/h15H,9-13,16H2,1-8H3;3*1H;/q;;;;+3/p-3. The molecule has 0 amide bonds. The summed E-state index contributed by atoms with van der Waals surface area (Å²) in [5.41, 5.74) is 9.42. The van der Waals surface area contributed by atoms with Gasteiger partial charge in [-0.15, -0.1) is 0 Å². The second kappa shape index (κ2) is 13.1. The van der Waals surface area contributed by atoms with Crippen LogP contribution in [0.25, 0.3) is 0 Å². The Balaban J connectivity index is 0. The number of hydrogen-bond donors (Lipinski definition) is 0. The summed E-state index contributed by atoms with van der Waals surface area (Å²) >= 11 is 2.37. The van der Waals surface area contributed by atoms with Crippen molar-refractivity contribution in [1.82, 2.24) is 0 Å². The van der Waals surface area contributed by atoms with Gasteiger partial charge in [0.2, 0.25) is 0 Å². The molecule has 1 aromatic carbocycles. The molecule has 0 saturated carbocycles. The molecule has 0 N–H and O–H groups in total. The van der Waals surface area contributed by atoms with Gasteiger partial charge >= 0.3 is 175 Å². The normalized spacial score (nSPS) is 15.2. The first kappa shape index (κ1) is 31.7. The fraction of sp³-hybridized carbons (Fsp3) is 0.583. The summed E-state index contributed by atoms with van der Waals surface area (Å²) in [6, 6.07) is 1.39. The van der Waals surface area contributed by atoms with Gasteiger partial charge in [-0.25, -0.2) is 0 Å². The molecule has 1 aliphatic carbocycles. The minimum atomic E-state index is -1.73. The van der Waals surface area contributed by atoms with Crippen molar-refractivity contribution in [2.24, 2.45) is 0 Å². The van der Waals surface area contributed by atoms with Gasteiger partial charge in [0.05, 0.1) is 0 Å². The Morgan fingerprint density at radius 3 is 1.76 bits per heavy atom. The van der Waals surface area contributed by atoms with Gasteiger partial charge in [-0.2, -0.15) is 0 Å². The van der Waals surface area contributed by atoms with Crippen molar-refractivity contribution in [3.8, 4) is 0 Å². The first-order valence-corrected chi connectivity index (χ1v) is 13.9. The van der Waals surface area contributed by atoms with Crippen molar-refractivity contribution in [3.63, 3.8) is 0 Å². The first-order chi connectivity index (χ1) is 12.2. The molecule has 0 saturated heterocycles. The number of hydrogen-bond acceptors (Lipinski definition) is 0. The first-order valence-electron chi connectivity index (χ1n) is 10.4. The van der Waals surface area contributed by atoms with Crippen molar-refractivity contribution in [2.75, 3.05) is 0 Å². The molecule has 162 valence electrons. The summed E-state index contributed by atoms with van der Waals surface area (Å²) in [6.45, 7) is 19.1. The average molecular weight is 508 g/mol. The Morgan fingerprint density at radius 1 is 0.828 bits per heavy atom. The Hall–Kier alpha value is 0.501. The summed E-state index contributed by atoms with van der Waals surface area (Å²) < 4.78 is 1.63. The van der Waals surface area contributed by atoms with Crippen LogP contribution in [0.1, 0.15) is 73.8 Å². The molecule has 0 heterocycles. The van der Waals surface area contributed by atoms with Crippen molar-refractivity contribution in [2.45, 2.75) is 93.2 Å². The van der Waals surface area contributed by atoms with E-state index in [9.17, 15) is 0 Å². The second-order valence-electron chi connectivity index (χ2n) is 8.46. The maximum absolute atomic E-state index is 2.67. The predicted molar refractivity (Wildman–Crippen MR) is 116 cm³/mol. The van der Waals surface area contributed by atoms with Crippen molar-refractivity contribution >= 4 is 13.3 Å². The van der Waals surface area contributed by atoms with Crippen LogP contribution in [0.3, 0.4) is 0 Å². The van der Waals surface area contributed by atoms with Crippen LogP contribution in [0.15, 0.2) is 20.7 Å². The van der Waals surface area contributed by atoms with E-state index in [1.165, 1.54) is 54.8 Å². The van der Waals surface area contributed by atoms with Crippen LogP contribution < -0.4 is 42.4 Å². The molecular weight excluding hydrogens is 471 g/mol. The molecule has 0 spiro atoms. The van der Waals surface area contributed by atoms with Crippen molar-refractivity contribution < 1.29 is 57.7 Å². The quantitative estimate of drug-likeness (QED) is 0.368. The van der Waals surface area contributed by atoms with E-state index < -0.39 is 8.07 Å². The van der Waals surface area contributed by atoms with Gasteiger partial charge in [0.25, 0.3) is 0 Å². The van der Waals surface area contributed by atoms with Crippen molar-refractivity contribution in [1.29, 1.82) is 0 Å². The Morgan fingerprint density at radius 2 is 1.31 bits per heavy atom. The van der Waals surface area contributed by atoms with E-state index in [1.54, 1.807) is 31.0 Å². The maximum Gasteiger partial charge on any atom is -1.00 e. The molecule has 0 radical (unpaired) electrons. The largest absolute Gasteiger partial charge is 1.00 e. The minimum absolute atomic E-state index is 0. The molecule has 29 heavy (non-hydrogen) atoms. The number of halogens is 3. The molecule has 1 atom stereocenters. The molecule has 1 unspecified atom stereocenters. The Bertz CT molecular complexity index is 739. The fourth-order valence-corrected chi connectivity index (χ4v) is 11.1. The minimum Gasteiger partial charge on any atom is -1.00 e. The van der Waals surface area contributed by atoms with Crippen LogP contribution in [-0.4, -0.2) is 8.07 Å². The van der Waals surface area contributed by atoms with Crippen LogP contribution in [0.5, 0.6) is 0 Å². The molecule has 1 aromatic rings. The van der Waals surface area contributed by atoms with Gasteiger partial charge in [-0.3, -0.25) is 0 Å². The average Bonchev–Trinajstić information content (AvgIpc) is 2.98. The van der Waals surface area contributed by atoms with E-state index in [1.807, 2.05) is 0 Å². The number of benzene rings is 1. The molecule has 0 bridgehead atoms. The topological polar surface area (TPSA) is 0 Å². The van der Waals surface area contributed by atoms with Gasteiger partial charge in [-0.1, -0.05) is 0 Å². The van der Waals surface area contributed by atoms with Gasteiger partial charge in [0.1, 0.15) is 0 Å². The third-order valence-corrected chi connectivity index (χ3v) is 12.6. The van der Waals surface area contributed by atoms with Crippen molar-refractivity contribution in [3.05, 3.63) is 48.5 Å². The van der Waals surface area contributed by atoms with Crippen LogP contribution in [-0.2, 0) is 20.4 Å². The van der Waals surface area contributed by atoms with Crippen LogP contribution in [0.2, 0.25) is 12.6 Å². The van der Waals surface area contributed by atoms with Crippen LogP contribution in [0.4, 0.5) is 0 Å². The summed E-state index contributed by atoms with van der Waals surface area (Å²) in [5.74, 6) is 0. The molecular formula is C24H37Cl3SiTi. The third-order valence-electron chi connectivity index (χ3n) is 6.88. The second-order valence-corrected chi connectivity index (χ2v) is 13.6. The maximum atomic E-state index is 2.67. The van der Waals surface area contributed by atoms with Gasteiger partial charge in [0.15, 0.2) is 0 Å². The van der Waals surface area contributed by atoms with E-state index in [4.69, 9.17) is 0 Å². The molecule has 0 fully saturated rings. The molecule has 1 aliphatic rings. The van der Waals surface area contributed by atoms with Gasteiger partial charge in [-0.05, 0) is 0 Å². The summed E-state index contributed by atoms with van der Waals surface area (Å²) in [5, 5.41) is 3.53. The van der Waals surface area contributed by atoms with Crippen LogP contribution in [0, 0.1) is 34.6 Å². The SMILES string of the molecule is CCCC[Si](C)(C1=CC[C]([Ti+3])=C1CCC)c1c(C)c(C)c(C)c(C)c1C.[Cl-].[Cl-].[Cl-]. The number of unbranched alkanes of at least 4 members (excludes halogenated alkanes) is 1. The molecule has 0 nitrogen and oxygen atoms in total. The summed E-state index contributed by atoms with van der Waals surface area (Å²) in [6.07, 6.45) is 8.96. The van der Waals surface area contributed by atoms with E-state index in [-0.39, 0.29) is 37.2 Å².